The van der Waals surface area contributed by atoms with Crippen LogP contribution in [0.15, 0.2) is 30.3 Å². The van der Waals surface area contributed by atoms with Crippen molar-refractivity contribution in [3.63, 3.8) is 0 Å². The molecule has 1 spiro atoms. The highest BCUT2D eigenvalue weighted by atomic mass is 16.7. The third-order valence-corrected chi connectivity index (χ3v) is 3.26. The van der Waals surface area contributed by atoms with E-state index in [1.807, 2.05) is 30.3 Å². The minimum Gasteiger partial charge on any atom is -0.376 e. The Bertz CT molecular complexity index is 422. The molecule has 1 saturated carbocycles. The van der Waals surface area contributed by atoms with E-state index in [-0.39, 0.29) is 5.92 Å². The van der Waals surface area contributed by atoms with Gasteiger partial charge in [-0.25, -0.2) is 0 Å². The zero-order chi connectivity index (χ0) is 13.3. The fraction of sp³-hybridized carbons (Fsp3) is 0.571. The van der Waals surface area contributed by atoms with Crippen molar-refractivity contribution in [2.24, 2.45) is 5.92 Å². The molecule has 1 aliphatic heterocycles. The van der Waals surface area contributed by atoms with Gasteiger partial charge in [-0.15, -0.1) is 0 Å². The lowest BCUT2D eigenvalue weighted by molar-refractivity contribution is -0.237. The zero-order valence-corrected chi connectivity index (χ0v) is 9.72. The molecule has 1 aliphatic carbocycles. The number of rotatable bonds is 4. The first kappa shape index (κ1) is 9.09. The predicted molar refractivity (Wildman–Crippen MR) is 63.5 cm³/mol. The highest BCUT2D eigenvalue weighted by Crippen LogP contribution is 2.44. The number of benzene rings is 1. The molecular weight excluding hydrogens is 216 g/mol. The molecule has 0 unspecified atom stereocenters. The van der Waals surface area contributed by atoms with E-state index in [0.717, 1.165) is 5.56 Å². The summed E-state index contributed by atoms with van der Waals surface area (Å²) in [6, 6.07) is 9.64. The van der Waals surface area contributed by atoms with E-state index in [0.29, 0.717) is 32.7 Å². The summed E-state index contributed by atoms with van der Waals surface area (Å²) in [6.07, 6.45) is 1.16. The van der Waals surface area contributed by atoms with Crippen molar-refractivity contribution < 1.29 is 17.0 Å². The molecular formula is C14H18O3. The number of ether oxygens (including phenoxy) is 3. The van der Waals surface area contributed by atoms with E-state index in [2.05, 4.69) is 0 Å². The van der Waals surface area contributed by atoms with Gasteiger partial charge in [0.2, 0.25) is 0 Å². The standard InChI is InChI=1S/C14H18O3/c1-2-4-12(5-3-1)10-15-11-13-8-14(9-13)16-6-7-17-14/h1-5,13H,6-11H2/i11D2. The van der Waals surface area contributed by atoms with Crippen molar-refractivity contribution in [3.8, 4) is 0 Å². The monoisotopic (exact) mass is 236 g/mol. The first-order valence-electron chi connectivity index (χ1n) is 7.05. The summed E-state index contributed by atoms with van der Waals surface area (Å²) >= 11 is 0. The maximum Gasteiger partial charge on any atom is 0.169 e. The predicted octanol–water partition coefficient (Wildman–Crippen LogP) is 2.36. The zero-order valence-electron chi connectivity index (χ0n) is 11.7. The van der Waals surface area contributed by atoms with Crippen LogP contribution in [0.1, 0.15) is 21.1 Å². The number of hydrogen-bond donors (Lipinski definition) is 0. The highest BCUT2D eigenvalue weighted by molar-refractivity contribution is 5.13. The van der Waals surface area contributed by atoms with Crippen molar-refractivity contribution in [2.45, 2.75) is 25.2 Å². The molecule has 0 atom stereocenters. The summed E-state index contributed by atoms with van der Waals surface area (Å²) < 4.78 is 32.5. The van der Waals surface area contributed by atoms with Crippen molar-refractivity contribution in [1.82, 2.24) is 0 Å². The minimum atomic E-state index is -1.63. The molecule has 1 aromatic carbocycles. The molecule has 1 saturated heterocycles. The molecule has 3 nitrogen and oxygen atoms in total. The normalized spacial score (nSPS) is 25.4. The van der Waals surface area contributed by atoms with Gasteiger partial charge in [0.05, 0.1) is 29.1 Å². The molecule has 3 rings (SSSR count). The van der Waals surface area contributed by atoms with E-state index >= 15 is 0 Å². The molecule has 1 heterocycles. The Hall–Kier alpha value is -0.900. The van der Waals surface area contributed by atoms with E-state index in [1.54, 1.807) is 0 Å². The van der Waals surface area contributed by atoms with Crippen LogP contribution in [0.25, 0.3) is 0 Å². The Balaban J connectivity index is 1.53. The van der Waals surface area contributed by atoms with Gasteiger partial charge in [0.15, 0.2) is 5.79 Å². The molecule has 3 heteroatoms. The Morgan fingerprint density at radius 2 is 1.94 bits per heavy atom. The largest absolute Gasteiger partial charge is 0.376 e. The Morgan fingerprint density at radius 1 is 1.24 bits per heavy atom. The average molecular weight is 236 g/mol. The molecule has 0 amide bonds. The summed E-state index contributed by atoms with van der Waals surface area (Å²) in [5.41, 5.74) is 0.980. The lowest BCUT2D eigenvalue weighted by Gasteiger charge is -2.42. The van der Waals surface area contributed by atoms with Gasteiger partial charge in [-0.2, -0.15) is 0 Å². The van der Waals surface area contributed by atoms with E-state index in [1.165, 1.54) is 0 Å². The topological polar surface area (TPSA) is 27.7 Å². The van der Waals surface area contributed by atoms with Crippen LogP contribution in [0.5, 0.6) is 0 Å². The molecule has 17 heavy (non-hydrogen) atoms. The second-order valence-corrected chi connectivity index (χ2v) is 4.60. The molecule has 0 N–H and O–H groups in total. The molecule has 0 radical (unpaired) electrons. The molecule has 92 valence electrons. The molecule has 0 bridgehead atoms. The van der Waals surface area contributed by atoms with Crippen molar-refractivity contribution in [2.75, 3.05) is 19.8 Å². The first-order valence-corrected chi connectivity index (χ1v) is 6.05. The summed E-state index contributed by atoms with van der Waals surface area (Å²) in [6.45, 7) is -0.114. The average Bonchev–Trinajstić information content (AvgIpc) is 2.86. The summed E-state index contributed by atoms with van der Waals surface area (Å²) in [7, 11) is 0. The van der Waals surface area contributed by atoms with Gasteiger partial charge in [-0.3, -0.25) is 0 Å². The van der Waals surface area contributed by atoms with Crippen molar-refractivity contribution >= 4 is 0 Å². The van der Waals surface area contributed by atoms with Crippen molar-refractivity contribution in [1.29, 1.82) is 0 Å². The third kappa shape index (κ3) is 2.51. The Kier molecular flexibility index (Phi) is 2.55. The van der Waals surface area contributed by atoms with Gasteiger partial charge in [0.1, 0.15) is 0 Å². The lowest BCUT2D eigenvalue weighted by Crippen LogP contribution is -2.46. The molecule has 2 aliphatic rings. The Labute approximate surface area is 104 Å². The maximum atomic E-state index is 8.01. The van der Waals surface area contributed by atoms with Crippen LogP contribution in [0.2, 0.25) is 0 Å². The maximum absolute atomic E-state index is 8.01. The van der Waals surface area contributed by atoms with Gasteiger partial charge >= 0.3 is 0 Å². The summed E-state index contributed by atoms with van der Waals surface area (Å²) in [5, 5.41) is 0. The van der Waals surface area contributed by atoms with Crippen LogP contribution in [0, 0.1) is 5.92 Å². The second-order valence-electron chi connectivity index (χ2n) is 4.60. The van der Waals surface area contributed by atoms with Crippen LogP contribution in [-0.4, -0.2) is 25.6 Å². The molecule has 2 fully saturated rings. The Morgan fingerprint density at radius 3 is 2.65 bits per heavy atom. The van der Waals surface area contributed by atoms with Crippen LogP contribution >= 0.6 is 0 Å². The number of hydrogen-bond acceptors (Lipinski definition) is 3. The van der Waals surface area contributed by atoms with Gasteiger partial charge < -0.3 is 14.2 Å². The smallest absolute Gasteiger partial charge is 0.169 e. The minimum absolute atomic E-state index is 0.158. The van der Waals surface area contributed by atoms with Crippen LogP contribution in [-0.2, 0) is 20.8 Å². The van der Waals surface area contributed by atoms with E-state index in [4.69, 9.17) is 17.0 Å². The molecule has 0 aromatic heterocycles. The lowest BCUT2D eigenvalue weighted by atomic mass is 9.79. The van der Waals surface area contributed by atoms with E-state index < -0.39 is 12.3 Å². The summed E-state index contributed by atoms with van der Waals surface area (Å²) in [4.78, 5) is 0. The van der Waals surface area contributed by atoms with Crippen molar-refractivity contribution in [3.05, 3.63) is 35.9 Å². The SMILES string of the molecule is [2H]C([2H])(OCc1ccccc1)C1CC2(C1)OCCO2. The summed E-state index contributed by atoms with van der Waals surface area (Å²) in [5.74, 6) is -0.678. The van der Waals surface area contributed by atoms with Crippen LogP contribution < -0.4 is 0 Å². The van der Waals surface area contributed by atoms with Gasteiger partial charge in [-0.05, 0) is 11.5 Å². The van der Waals surface area contributed by atoms with Gasteiger partial charge in [0.25, 0.3) is 0 Å². The highest BCUT2D eigenvalue weighted by Gasteiger charge is 2.48. The van der Waals surface area contributed by atoms with Crippen LogP contribution in [0.3, 0.4) is 0 Å². The first-order chi connectivity index (χ1) is 9.10. The van der Waals surface area contributed by atoms with E-state index in [9.17, 15) is 0 Å². The quantitative estimate of drug-likeness (QED) is 0.803. The van der Waals surface area contributed by atoms with Gasteiger partial charge in [-0.1, -0.05) is 30.3 Å². The fourth-order valence-electron chi connectivity index (χ4n) is 2.32. The van der Waals surface area contributed by atoms with Crippen LogP contribution in [0.4, 0.5) is 0 Å². The second kappa shape index (κ2) is 4.77. The third-order valence-electron chi connectivity index (χ3n) is 3.26. The molecule has 1 aromatic rings. The fourth-order valence-corrected chi connectivity index (χ4v) is 2.32. The van der Waals surface area contributed by atoms with Gasteiger partial charge in [0, 0.05) is 12.8 Å².